The van der Waals surface area contributed by atoms with Crippen LogP contribution in [0.4, 0.5) is 0 Å². The van der Waals surface area contributed by atoms with E-state index >= 15 is 0 Å². The van der Waals surface area contributed by atoms with Crippen molar-refractivity contribution in [2.45, 2.75) is 24.8 Å². The van der Waals surface area contributed by atoms with Gasteiger partial charge in [0.2, 0.25) is 0 Å². The largest absolute Gasteiger partial charge is 0.490 e. The van der Waals surface area contributed by atoms with Crippen LogP contribution in [0.15, 0.2) is 18.2 Å². The number of fused-ring (bicyclic) bond motifs is 1. The second-order valence-corrected chi connectivity index (χ2v) is 4.98. The molecule has 0 bridgehead atoms. The predicted octanol–water partition coefficient (Wildman–Crippen LogP) is 1.81. The summed E-state index contributed by atoms with van der Waals surface area (Å²) in [6, 6.07) is 6.06. The highest BCUT2D eigenvalue weighted by Gasteiger charge is 2.31. The van der Waals surface area contributed by atoms with Gasteiger partial charge >= 0.3 is 0 Å². The van der Waals surface area contributed by atoms with E-state index < -0.39 is 0 Å². The third-order valence-electron chi connectivity index (χ3n) is 3.71. The van der Waals surface area contributed by atoms with Crippen molar-refractivity contribution in [3.05, 3.63) is 23.8 Å². The number of ether oxygens (including phenoxy) is 3. The van der Waals surface area contributed by atoms with Gasteiger partial charge in [-0.25, -0.2) is 0 Å². The standard InChI is InChI=1S/C14H19NO3/c15-14(4-8-16-9-5-14)11-2-3-12-13(10-11)18-7-1-6-17-12/h2-3,10H,1,4-9,15H2. The van der Waals surface area contributed by atoms with Crippen LogP contribution in [0.25, 0.3) is 0 Å². The third kappa shape index (κ3) is 2.18. The Hall–Kier alpha value is -1.26. The fourth-order valence-corrected chi connectivity index (χ4v) is 2.50. The first-order valence-corrected chi connectivity index (χ1v) is 6.55. The highest BCUT2D eigenvalue weighted by atomic mass is 16.5. The smallest absolute Gasteiger partial charge is 0.161 e. The summed E-state index contributed by atoms with van der Waals surface area (Å²) in [5, 5.41) is 0. The van der Waals surface area contributed by atoms with E-state index in [1.807, 2.05) is 12.1 Å². The van der Waals surface area contributed by atoms with Gasteiger partial charge in [-0.15, -0.1) is 0 Å². The molecule has 0 radical (unpaired) electrons. The second-order valence-electron chi connectivity index (χ2n) is 4.98. The maximum absolute atomic E-state index is 6.48. The van der Waals surface area contributed by atoms with Crippen LogP contribution in [0, 0.1) is 0 Å². The van der Waals surface area contributed by atoms with Gasteiger partial charge in [-0.3, -0.25) is 0 Å². The minimum Gasteiger partial charge on any atom is -0.490 e. The molecule has 0 unspecified atom stereocenters. The van der Waals surface area contributed by atoms with Gasteiger partial charge in [0.25, 0.3) is 0 Å². The molecule has 0 amide bonds. The van der Waals surface area contributed by atoms with E-state index in [1.54, 1.807) is 0 Å². The first kappa shape index (κ1) is 11.8. The van der Waals surface area contributed by atoms with Crippen LogP contribution in [-0.4, -0.2) is 26.4 Å². The van der Waals surface area contributed by atoms with Gasteiger partial charge in [-0.05, 0) is 30.5 Å². The Kier molecular flexibility index (Phi) is 3.14. The second kappa shape index (κ2) is 4.78. The number of hydrogen-bond donors (Lipinski definition) is 1. The first-order chi connectivity index (χ1) is 8.78. The average molecular weight is 249 g/mol. The van der Waals surface area contributed by atoms with Gasteiger partial charge < -0.3 is 19.9 Å². The van der Waals surface area contributed by atoms with Crippen LogP contribution in [0.1, 0.15) is 24.8 Å². The van der Waals surface area contributed by atoms with Crippen LogP contribution in [-0.2, 0) is 10.3 Å². The molecular formula is C14H19NO3. The summed E-state index contributed by atoms with van der Waals surface area (Å²) < 4.78 is 16.7. The number of hydrogen-bond acceptors (Lipinski definition) is 4. The minimum absolute atomic E-state index is 0.289. The molecule has 1 aromatic carbocycles. The molecule has 0 atom stereocenters. The molecule has 0 aliphatic carbocycles. The fourth-order valence-electron chi connectivity index (χ4n) is 2.50. The Morgan fingerprint density at radius 1 is 0.944 bits per heavy atom. The van der Waals surface area contributed by atoms with Crippen molar-refractivity contribution in [2.75, 3.05) is 26.4 Å². The average Bonchev–Trinajstić information content (AvgIpc) is 2.64. The van der Waals surface area contributed by atoms with Gasteiger partial charge in [0.1, 0.15) is 0 Å². The molecule has 1 aromatic rings. The van der Waals surface area contributed by atoms with E-state index in [0.29, 0.717) is 13.2 Å². The zero-order valence-corrected chi connectivity index (χ0v) is 10.5. The highest BCUT2D eigenvalue weighted by molar-refractivity contribution is 5.45. The Labute approximate surface area is 107 Å². The first-order valence-electron chi connectivity index (χ1n) is 6.55. The molecule has 3 rings (SSSR count). The molecule has 2 aliphatic rings. The van der Waals surface area contributed by atoms with E-state index in [2.05, 4.69) is 6.07 Å². The highest BCUT2D eigenvalue weighted by Crippen LogP contribution is 2.36. The van der Waals surface area contributed by atoms with Crippen LogP contribution >= 0.6 is 0 Å². The van der Waals surface area contributed by atoms with E-state index in [0.717, 1.165) is 49.5 Å². The molecule has 2 aliphatic heterocycles. The maximum atomic E-state index is 6.48. The van der Waals surface area contributed by atoms with Crippen molar-refractivity contribution in [1.82, 2.24) is 0 Å². The molecule has 98 valence electrons. The van der Waals surface area contributed by atoms with Gasteiger partial charge in [-0.1, -0.05) is 6.07 Å². The molecule has 2 heterocycles. The number of benzene rings is 1. The zero-order valence-electron chi connectivity index (χ0n) is 10.5. The summed E-state index contributed by atoms with van der Waals surface area (Å²) >= 11 is 0. The lowest BCUT2D eigenvalue weighted by Crippen LogP contribution is -2.42. The number of nitrogens with two attached hydrogens (primary N) is 1. The molecule has 0 aromatic heterocycles. The summed E-state index contributed by atoms with van der Waals surface area (Å²) in [5.74, 6) is 1.65. The molecule has 0 spiro atoms. The Bertz CT molecular complexity index is 427. The van der Waals surface area contributed by atoms with Crippen molar-refractivity contribution >= 4 is 0 Å². The molecule has 4 nitrogen and oxygen atoms in total. The van der Waals surface area contributed by atoms with Crippen molar-refractivity contribution < 1.29 is 14.2 Å². The molecule has 2 N–H and O–H groups in total. The monoisotopic (exact) mass is 249 g/mol. The minimum atomic E-state index is -0.289. The lowest BCUT2D eigenvalue weighted by atomic mass is 9.84. The summed E-state index contributed by atoms with van der Waals surface area (Å²) in [6.45, 7) is 2.88. The quantitative estimate of drug-likeness (QED) is 0.824. The molecule has 1 fully saturated rings. The summed E-state index contributed by atoms with van der Waals surface area (Å²) in [5.41, 5.74) is 7.31. The molecule has 18 heavy (non-hydrogen) atoms. The van der Waals surface area contributed by atoms with Crippen LogP contribution in [0.3, 0.4) is 0 Å². The summed E-state index contributed by atoms with van der Waals surface area (Å²) in [4.78, 5) is 0. The van der Waals surface area contributed by atoms with Crippen molar-refractivity contribution in [2.24, 2.45) is 5.73 Å². The van der Waals surface area contributed by atoms with Crippen LogP contribution in [0.5, 0.6) is 11.5 Å². The Morgan fingerprint density at radius 2 is 1.67 bits per heavy atom. The lowest BCUT2D eigenvalue weighted by Gasteiger charge is -2.34. The lowest BCUT2D eigenvalue weighted by molar-refractivity contribution is 0.0521. The van der Waals surface area contributed by atoms with Crippen LogP contribution in [0.2, 0.25) is 0 Å². The van der Waals surface area contributed by atoms with Gasteiger partial charge in [0, 0.05) is 25.2 Å². The summed E-state index contributed by atoms with van der Waals surface area (Å²) in [6.07, 6.45) is 2.63. The van der Waals surface area contributed by atoms with Gasteiger partial charge in [0.05, 0.1) is 13.2 Å². The van der Waals surface area contributed by atoms with E-state index in [4.69, 9.17) is 19.9 Å². The Morgan fingerprint density at radius 3 is 2.44 bits per heavy atom. The van der Waals surface area contributed by atoms with Gasteiger partial charge in [-0.2, -0.15) is 0 Å². The van der Waals surface area contributed by atoms with Crippen molar-refractivity contribution in [3.63, 3.8) is 0 Å². The zero-order chi connectivity index (χ0) is 12.4. The molecule has 4 heteroatoms. The van der Waals surface area contributed by atoms with Gasteiger partial charge in [0.15, 0.2) is 11.5 Å². The Balaban J connectivity index is 1.91. The molecule has 1 saturated heterocycles. The number of rotatable bonds is 1. The summed E-state index contributed by atoms with van der Waals surface area (Å²) in [7, 11) is 0. The van der Waals surface area contributed by atoms with Crippen molar-refractivity contribution in [1.29, 1.82) is 0 Å². The van der Waals surface area contributed by atoms with E-state index in [1.165, 1.54) is 0 Å². The van der Waals surface area contributed by atoms with Crippen LogP contribution < -0.4 is 15.2 Å². The fraction of sp³-hybridized carbons (Fsp3) is 0.571. The topological polar surface area (TPSA) is 53.7 Å². The van der Waals surface area contributed by atoms with E-state index in [9.17, 15) is 0 Å². The SMILES string of the molecule is NC1(c2ccc3c(c2)OCCCO3)CCOCC1. The maximum Gasteiger partial charge on any atom is 0.161 e. The third-order valence-corrected chi connectivity index (χ3v) is 3.71. The normalized spacial score (nSPS) is 22.3. The van der Waals surface area contributed by atoms with E-state index in [-0.39, 0.29) is 5.54 Å². The van der Waals surface area contributed by atoms with Crippen molar-refractivity contribution in [3.8, 4) is 11.5 Å². The molecule has 0 saturated carbocycles. The molecular weight excluding hydrogens is 230 g/mol. The predicted molar refractivity (Wildman–Crippen MR) is 68.0 cm³/mol.